The van der Waals surface area contributed by atoms with Crippen LogP contribution in [-0.4, -0.2) is 38.8 Å². The van der Waals surface area contributed by atoms with Gasteiger partial charge in [-0.05, 0) is 13.5 Å². The summed E-state index contributed by atoms with van der Waals surface area (Å²) in [6.07, 6.45) is 0.458. The molecule has 0 spiro atoms. The van der Waals surface area contributed by atoms with Crippen LogP contribution in [0.2, 0.25) is 0 Å². The SMILES string of the molecule is CCNCCNC(=O)CCOCC. The van der Waals surface area contributed by atoms with E-state index in [0.717, 1.165) is 13.1 Å². The number of carbonyl (C=O) groups excluding carboxylic acids is 1. The summed E-state index contributed by atoms with van der Waals surface area (Å²) in [5, 5.41) is 5.92. The third-order valence-electron chi connectivity index (χ3n) is 1.55. The smallest absolute Gasteiger partial charge is 0.222 e. The Bertz CT molecular complexity index is 129. The summed E-state index contributed by atoms with van der Waals surface area (Å²) < 4.78 is 5.06. The highest BCUT2D eigenvalue weighted by atomic mass is 16.5. The molecule has 0 aliphatic carbocycles. The van der Waals surface area contributed by atoms with Gasteiger partial charge in [-0.1, -0.05) is 6.92 Å². The minimum Gasteiger partial charge on any atom is -0.381 e. The first-order valence-corrected chi connectivity index (χ1v) is 4.86. The number of nitrogens with one attached hydrogen (secondary N) is 2. The maximum absolute atomic E-state index is 11.1. The Morgan fingerprint density at radius 3 is 2.69 bits per heavy atom. The Balaban J connectivity index is 3.11. The average molecular weight is 188 g/mol. The Hall–Kier alpha value is -0.610. The van der Waals surface area contributed by atoms with Gasteiger partial charge in [-0.15, -0.1) is 0 Å². The van der Waals surface area contributed by atoms with Crippen LogP contribution in [0.5, 0.6) is 0 Å². The highest BCUT2D eigenvalue weighted by Crippen LogP contribution is 1.81. The van der Waals surface area contributed by atoms with Crippen LogP contribution >= 0.6 is 0 Å². The molecule has 0 atom stereocenters. The zero-order chi connectivity index (χ0) is 9.94. The van der Waals surface area contributed by atoms with Gasteiger partial charge in [0.2, 0.25) is 5.91 Å². The summed E-state index contributed by atoms with van der Waals surface area (Å²) in [4.78, 5) is 11.1. The Labute approximate surface area is 80.0 Å². The maximum Gasteiger partial charge on any atom is 0.222 e. The lowest BCUT2D eigenvalue weighted by atomic mass is 10.4. The number of amides is 1. The minimum absolute atomic E-state index is 0.0614. The highest BCUT2D eigenvalue weighted by molar-refractivity contribution is 5.75. The average Bonchev–Trinajstić information content (AvgIpc) is 2.13. The molecule has 4 heteroatoms. The third-order valence-corrected chi connectivity index (χ3v) is 1.55. The highest BCUT2D eigenvalue weighted by Gasteiger charge is 1.98. The predicted octanol–water partition coefficient (Wildman–Crippen LogP) is 0.139. The fraction of sp³-hybridized carbons (Fsp3) is 0.889. The third kappa shape index (κ3) is 9.30. The largest absolute Gasteiger partial charge is 0.381 e. The van der Waals surface area contributed by atoms with E-state index in [1.54, 1.807) is 0 Å². The van der Waals surface area contributed by atoms with Gasteiger partial charge in [0, 0.05) is 26.1 Å². The second-order valence-corrected chi connectivity index (χ2v) is 2.65. The molecule has 1 amide bonds. The van der Waals surface area contributed by atoms with Gasteiger partial charge in [0.15, 0.2) is 0 Å². The molecule has 0 fully saturated rings. The van der Waals surface area contributed by atoms with E-state index < -0.39 is 0 Å². The van der Waals surface area contributed by atoms with Crippen molar-refractivity contribution in [3.05, 3.63) is 0 Å². The van der Waals surface area contributed by atoms with Crippen LogP contribution in [-0.2, 0) is 9.53 Å². The maximum atomic E-state index is 11.1. The quantitative estimate of drug-likeness (QED) is 0.533. The van der Waals surface area contributed by atoms with Crippen LogP contribution in [0.25, 0.3) is 0 Å². The topological polar surface area (TPSA) is 50.4 Å². The van der Waals surface area contributed by atoms with Crippen molar-refractivity contribution < 1.29 is 9.53 Å². The summed E-state index contributed by atoms with van der Waals surface area (Å²) in [7, 11) is 0. The Morgan fingerprint density at radius 2 is 2.08 bits per heavy atom. The number of likely N-dealkylation sites (N-methyl/N-ethyl adjacent to an activating group) is 1. The van der Waals surface area contributed by atoms with Crippen molar-refractivity contribution in [3.8, 4) is 0 Å². The molecular formula is C9H20N2O2. The van der Waals surface area contributed by atoms with Crippen molar-refractivity contribution in [1.82, 2.24) is 10.6 Å². The van der Waals surface area contributed by atoms with E-state index in [0.29, 0.717) is 26.2 Å². The number of rotatable bonds is 8. The van der Waals surface area contributed by atoms with Crippen molar-refractivity contribution in [1.29, 1.82) is 0 Å². The van der Waals surface area contributed by atoms with Gasteiger partial charge >= 0.3 is 0 Å². The lowest BCUT2D eigenvalue weighted by Crippen LogP contribution is -2.32. The molecule has 13 heavy (non-hydrogen) atoms. The molecule has 0 aliphatic rings. The number of hydrogen-bond donors (Lipinski definition) is 2. The zero-order valence-electron chi connectivity index (χ0n) is 8.56. The second-order valence-electron chi connectivity index (χ2n) is 2.65. The van der Waals surface area contributed by atoms with E-state index in [-0.39, 0.29) is 5.91 Å². The molecule has 0 unspecified atom stereocenters. The molecule has 0 aromatic heterocycles. The molecule has 4 nitrogen and oxygen atoms in total. The lowest BCUT2D eigenvalue weighted by molar-refractivity contribution is -0.122. The van der Waals surface area contributed by atoms with Crippen LogP contribution in [0.4, 0.5) is 0 Å². The van der Waals surface area contributed by atoms with Crippen LogP contribution in [0.1, 0.15) is 20.3 Å². The van der Waals surface area contributed by atoms with Gasteiger partial charge in [0.25, 0.3) is 0 Å². The molecule has 0 aliphatic heterocycles. The molecule has 78 valence electrons. The molecule has 0 saturated heterocycles. The van der Waals surface area contributed by atoms with Gasteiger partial charge in [0.1, 0.15) is 0 Å². The molecule has 0 bridgehead atoms. The molecule has 0 saturated carbocycles. The van der Waals surface area contributed by atoms with Crippen LogP contribution in [0, 0.1) is 0 Å². The van der Waals surface area contributed by atoms with E-state index in [1.165, 1.54) is 0 Å². The van der Waals surface area contributed by atoms with Crippen LogP contribution < -0.4 is 10.6 Å². The summed E-state index contributed by atoms with van der Waals surface area (Å²) in [5.41, 5.74) is 0. The number of ether oxygens (including phenoxy) is 1. The molecule has 0 heterocycles. The van der Waals surface area contributed by atoms with Gasteiger partial charge in [-0.25, -0.2) is 0 Å². The summed E-state index contributed by atoms with van der Waals surface area (Å²) in [6.45, 7) is 7.61. The van der Waals surface area contributed by atoms with Crippen LogP contribution in [0.15, 0.2) is 0 Å². The normalized spacial score (nSPS) is 10.0. The van der Waals surface area contributed by atoms with Gasteiger partial charge in [-0.3, -0.25) is 4.79 Å². The minimum atomic E-state index is 0.0614. The fourth-order valence-electron chi connectivity index (χ4n) is 0.865. The first-order chi connectivity index (χ1) is 6.31. The van der Waals surface area contributed by atoms with Crippen molar-refractivity contribution in [3.63, 3.8) is 0 Å². The summed E-state index contributed by atoms with van der Waals surface area (Å²) in [5.74, 6) is 0.0614. The fourth-order valence-corrected chi connectivity index (χ4v) is 0.865. The van der Waals surface area contributed by atoms with Crippen molar-refractivity contribution in [2.75, 3.05) is 32.8 Å². The molecule has 0 aromatic carbocycles. The summed E-state index contributed by atoms with van der Waals surface area (Å²) in [6, 6.07) is 0. The standard InChI is InChI=1S/C9H20N2O2/c1-3-10-6-7-11-9(12)5-8-13-4-2/h10H,3-8H2,1-2H3,(H,11,12). The monoisotopic (exact) mass is 188 g/mol. The van der Waals surface area contributed by atoms with E-state index >= 15 is 0 Å². The van der Waals surface area contributed by atoms with E-state index in [2.05, 4.69) is 10.6 Å². The molecule has 0 rings (SSSR count). The van der Waals surface area contributed by atoms with Crippen LogP contribution in [0.3, 0.4) is 0 Å². The Kier molecular flexibility index (Phi) is 9.03. The zero-order valence-corrected chi connectivity index (χ0v) is 8.56. The van der Waals surface area contributed by atoms with E-state index in [1.807, 2.05) is 13.8 Å². The van der Waals surface area contributed by atoms with Crippen molar-refractivity contribution >= 4 is 5.91 Å². The Morgan fingerprint density at radius 1 is 1.31 bits per heavy atom. The molecular weight excluding hydrogens is 168 g/mol. The van der Waals surface area contributed by atoms with E-state index in [4.69, 9.17) is 4.74 Å². The predicted molar refractivity (Wildman–Crippen MR) is 52.7 cm³/mol. The number of carbonyl (C=O) groups is 1. The molecule has 2 N–H and O–H groups in total. The number of hydrogen-bond acceptors (Lipinski definition) is 3. The van der Waals surface area contributed by atoms with Crippen molar-refractivity contribution in [2.24, 2.45) is 0 Å². The molecule has 0 aromatic rings. The lowest BCUT2D eigenvalue weighted by Gasteiger charge is -2.05. The second kappa shape index (κ2) is 9.48. The first-order valence-electron chi connectivity index (χ1n) is 4.86. The van der Waals surface area contributed by atoms with E-state index in [9.17, 15) is 4.79 Å². The molecule has 0 radical (unpaired) electrons. The van der Waals surface area contributed by atoms with Gasteiger partial charge in [0.05, 0.1) is 6.61 Å². The first kappa shape index (κ1) is 12.4. The van der Waals surface area contributed by atoms with Crippen molar-refractivity contribution in [2.45, 2.75) is 20.3 Å². The van der Waals surface area contributed by atoms with Gasteiger partial charge < -0.3 is 15.4 Å². The van der Waals surface area contributed by atoms with Gasteiger partial charge in [-0.2, -0.15) is 0 Å². The summed E-state index contributed by atoms with van der Waals surface area (Å²) >= 11 is 0.